The Morgan fingerprint density at radius 2 is 2.25 bits per heavy atom. The Kier molecular flexibility index (Phi) is 3.22. The summed E-state index contributed by atoms with van der Waals surface area (Å²) in [5.74, 6) is 0.383. The molecule has 1 aromatic rings. The highest BCUT2D eigenvalue weighted by molar-refractivity contribution is 9.10. The van der Waals surface area contributed by atoms with Crippen LogP contribution in [0.15, 0.2) is 16.6 Å². The third-order valence-corrected chi connectivity index (χ3v) is 3.81. The van der Waals surface area contributed by atoms with Crippen LogP contribution in [-0.2, 0) is 5.54 Å². The molecule has 1 aromatic carbocycles. The molecular weight excluding hydrogens is 273 g/mol. The molecule has 0 radical (unpaired) electrons. The fourth-order valence-corrected chi connectivity index (χ4v) is 2.85. The molecule has 0 bridgehead atoms. The molecule has 1 aliphatic heterocycles. The Labute approximate surface area is 103 Å². The van der Waals surface area contributed by atoms with Crippen molar-refractivity contribution in [1.29, 1.82) is 0 Å². The minimum absolute atomic E-state index is 0.211. The highest BCUT2D eigenvalue weighted by Gasteiger charge is 2.36. The van der Waals surface area contributed by atoms with E-state index in [0.29, 0.717) is 11.3 Å². The van der Waals surface area contributed by atoms with Crippen LogP contribution in [0.25, 0.3) is 0 Å². The second-order valence-corrected chi connectivity index (χ2v) is 5.15. The number of methoxy groups -OCH3 is 1. The predicted octanol–water partition coefficient (Wildman–Crippen LogP) is 3.20. The maximum Gasteiger partial charge on any atom is 0.141 e. The molecule has 0 aromatic heterocycles. The number of rotatable bonds is 2. The van der Waals surface area contributed by atoms with Crippen molar-refractivity contribution in [2.24, 2.45) is 0 Å². The van der Waals surface area contributed by atoms with Crippen LogP contribution in [0.2, 0.25) is 0 Å². The van der Waals surface area contributed by atoms with Crippen molar-refractivity contribution < 1.29 is 9.13 Å². The van der Waals surface area contributed by atoms with E-state index >= 15 is 0 Å². The van der Waals surface area contributed by atoms with Gasteiger partial charge in [-0.1, -0.05) is 0 Å². The Hall–Kier alpha value is -0.610. The van der Waals surface area contributed by atoms with E-state index in [2.05, 4.69) is 21.2 Å². The smallest absolute Gasteiger partial charge is 0.141 e. The number of halogens is 2. The molecule has 0 saturated carbocycles. The normalized spacial score (nSPS) is 24.8. The van der Waals surface area contributed by atoms with Gasteiger partial charge in [-0.2, -0.15) is 0 Å². The molecule has 1 unspecified atom stereocenters. The SMILES string of the molecule is COc1c(Br)ccc(F)c1C1(C)CCCN1. The summed E-state index contributed by atoms with van der Waals surface area (Å²) in [6.07, 6.45) is 1.99. The van der Waals surface area contributed by atoms with Crippen molar-refractivity contribution in [3.8, 4) is 5.75 Å². The summed E-state index contributed by atoms with van der Waals surface area (Å²) in [6, 6.07) is 3.16. The molecule has 1 atom stereocenters. The number of benzene rings is 1. The van der Waals surface area contributed by atoms with Crippen LogP contribution in [-0.4, -0.2) is 13.7 Å². The molecular formula is C12H15BrFNO. The van der Waals surface area contributed by atoms with Gasteiger partial charge in [0.05, 0.1) is 17.1 Å². The van der Waals surface area contributed by atoms with Gasteiger partial charge in [-0.05, 0) is 54.4 Å². The summed E-state index contributed by atoms with van der Waals surface area (Å²) in [7, 11) is 1.57. The molecule has 1 N–H and O–H groups in total. The van der Waals surface area contributed by atoms with Crippen LogP contribution in [0.4, 0.5) is 4.39 Å². The van der Waals surface area contributed by atoms with E-state index in [-0.39, 0.29) is 11.4 Å². The molecule has 4 heteroatoms. The Morgan fingerprint density at radius 1 is 1.50 bits per heavy atom. The molecule has 88 valence electrons. The predicted molar refractivity (Wildman–Crippen MR) is 65.2 cm³/mol. The first-order chi connectivity index (χ1) is 7.58. The maximum atomic E-state index is 14.0. The van der Waals surface area contributed by atoms with E-state index < -0.39 is 0 Å². The van der Waals surface area contributed by atoms with Gasteiger partial charge in [0.25, 0.3) is 0 Å². The summed E-state index contributed by atoms with van der Waals surface area (Å²) in [5, 5.41) is 3.35. The zero-order chi connectivity index (χ0) is 11.8. The van der Waals surface area contributed by atoms with Crippen LogP contribution < -0.4 is 10.1 Å². The van der Waals surface area contributed by atoms with Gasteiger partial charge in [0.2, 0.25) is 0 Å². The fraction of sp³-hybridized carbons (Fsp3) is 0.500. The van der Waals surface area contributed by atoms with Gasteiger partial charge >= 0.3 is 0 Å². The molecule has 1 saturated heterocycles. The maximum absolute atomic E-state index is 14.0. The highest BCUT2D eigenvalue weighted by atomic mass is 79.9. The van der Waals surface area contributed by atoms with Gasteiger partial charge in [0, 0.05) is 5.54 Å². The number of nitrogens with one attached hydrogen (secondary N) is 1. The van der Waals surface area contributed by atoms with Crippen molar-refractivity contribution in [1.82, 2.24) is 5.32 Å². The highest BCUT2D eigenvalue weighted by Crippen LogP contribution is 2.41. The van der Waals surface area contributed by atoms with E-state index in [4.69, 9.17) is 4.74 Å². The van der Waals surface area contributed by atoms with Crippen LogP contribution in [0, 0.1) is 5.82 Å². The monoisotopic (exact) mass is 287 g/mol. The van der Waals surface area contributed by atoms with E-state index in [1.807, 2.05) is 6.92 Å². The number of hydrogen-bond donors (Lipinski definition) is 1. The molecule has 2 rings (SSSR count). The van der Waals surface area contributed by atoms with E-state index in [0.717, 1.165) is 23.9 Å². The number of ether oxygens (including phenoxy) is 1. The lowest BCUT2D eigenvalue weighted by molar-refractivity contribution is 0.354. The molecule has 0 spiro atoms. The van der Waals surface area contributed by atoms with Crippen LogP contribution in [0.3, 0.4) is 0 Å². The minimum Gasteiger partial charge on any atom is -0.495 e. The third kappa shape index (κ3) is 1.84. The van der Waals surface area contributed by atoms with Gasteiger partial charge in [-0.25, -0.2) is 4.39 Å². The summed E-state index contributed by atoms with van der Waals surface area (Å²) in [4.78, 5) is 0. The third-order valence-electron chi connectivity index (χ3n) is 3.18. The van der Waals surface area contributed by atoms with Crippen LogP contribution >= 0.6 is 15.9 Å². The summed E-state index contributed by atoms with van der Waals surface area (Å²) >= 11 is 3.39. The van der Waals surface area contributed by atoms with Crippen molar-refractivity contribution in [2.75, 3.05) is 13.7 Å². The van der Waals surface area contributed by atoms with Crippen LogP contribution in [0.5, 0.6) is 5.75 Å². The van der Waals surface area contributed by atoms with Gasteiger partial charge in [0.1, 0.15) is 11.6 Å². The summed E-state index contributed by atoms with van der Waals surface area (Å²) in [6.45, 7) is 2.94. The average Bonchev–Trinajstić information content (AvgIpc) is 2.69. The molecule has 1 fully saturated rings. The molecule has 0 aliphatic carbocycles. The molecule has 2 nitrogen and oxygen atoms in total. The van der Waals surface area contributed by atoms with Gasteiger partial charge < -0.3 is 10.1 Å². The first-order valence-corrected chi connectivity index (χ1v) is 6.15. The van der Waals surface area contributed by atoms with E-state index in [1.54, 1.807) is 13.2 Å². The van der Waals surface area contributed by atoms with Crippen molar-refractivity contribution >= 4 is 15.9 Å². The Balaban J connectivity index is 2.57. The Bertz CT molecular complexity index is 402. The van der Waals surface area contributed by atoms with Crippen molar-refractivity contribution in [3.05, 3.63) is 28.0 Å². The van der Waals surface area contributed by atoms with E-state index in [9.17, 15) is 4.39 Å². The second-order valence-electron chi connectivity index (χ2n) is 4.30. The molecule has 1 aliphatic rings. The lowest BCUT2D eigenvalue weighted by atomic mass is 9.89. The van der Waals surface area contributed by atoms with Gasteiger partial charge in [-0.15, -0.1) is 0 Å². The van der Waals surface area contributed by atoms with Gasteiger partial charge in [-0.3, -0.25) is 0 Å². The van der Waals surface area contributed by atoms with Crippen molar-refractivity contribution in [3.63, 3.8) is 0 Å². The standard InChI is InChI=1S/C12H15BrFNO/c1-12(6-3-7-15-12)10-9(14)5-4-8(13)11(10)16-2/h4-5,15H,3,6-7H2,1-2H3. The summed E-state index contributed by atoms with van der Waals surface area (Å²) in [5.41, 5.74) is 0.307. The minimum atomic E-state index is -0.320. The topological polar surface area (TPSA) is 21.3 Å². The lowest BCUT2D eigenvalue weighted by Gasteiger charge is -2.27. The molecule has 16 heavy (non-hydrogen) atoms. The molecule has 1 heterocycles. The van der Waals surface area contributed by atoms with E-state index in [1.165, 1.54) is 6.07 Å². The second kappa shape index (κ2) is 4.34. The fourth-order valence-electron chi connectivity index (χ4n) is 2.35. The summed E-state index contributed by atoms with van der Waals surface area (Å²) < 4.78 is 20.1. The zero-order valence-electron chi connectivity index (χ0n) is 9.44. The average molecular weight is 288 g/mol. The zero-order valence-corrected chi connectivity index (χ0v) is 11.0. The molecule has 0 amide bonds. The quantitative estimate of drug-likeness (QED) is 0.902. The largest absolute Gasteiger partial charge is 0.495 e. The Morgan fingerprint density at radius 3 is 2.81 bits per heavy atom. The van der Waals surface area contributed by atoms with Crippen LogP contribution in [0.1, 0.15) is 25.3 Å². The first kappa shape index (κ1) is 11.9. The lowest BCUT2D eigenvalue weighted by Crippen LogP contribution is -2.34. The number of hydrogen-bond acceptors (Lipinski definition) is 2. The first-order valence-electron chi connectivity index (χ1n) is 5.36. The van der Waals surface area contributed by atoms with Gasteiger partial charge in [0.15, 0.2) is 0 Å². The van der Waals surface area contributed by atoms with Crippen molar-refractivity contribution in [2.45, 2.75) is 25.3 Å².